The predicted octanol–water partition coefficient (Wildman–Crippen LogP) is 4.77. The summed E-state index contributed by atoms with van der Waals surface area (Å²) in [6.45, 7) is 2.17. The maximum atomic E-state index is 12.8. The zero-order valence-corrected chi connectivity index (χ0v) is 12.3. The van der Waals surface area contributed by atoms with Gasteiger partial charge in [-0.3, -0.25) is 0 Å². The lowest BCUT2D eigenvalue weighted by Crippen LogP contribution is -2.36. The lowest BCUT2D eigenvalue weighted by atomic mass is 9.86. The summed E-state index contributed by atoms with van der Waals surface area (Å²) in [6.07, 6.45) is -0.158. The molecule has 1 aliphatic rings. The van der Waals surface area contributed by atoms with Gasteiger partial charge in [-0.15, -0.1) is 0 Å². The standard InChI is InChI=1S/C14H18ClF3N2/c1-9-4-3-5-11(6-9)20(2)13-8-10(14(16,17)18)7-12(15)19-13/h7-9,11H,3-6H2,1-2H3. The van der Waals surface area contributed by atoms with E-state index in [9.17, 15) is 13.2 Å². The normalized spacial score (nSPS) is 23.7. The minimum Gasteiger partial charge on any atom is -0.357 e. The quantitative estimate of drug-likeness (QED) is 0.732. The van der Waals surface area contributed by atoms with Gasteiger partial charge in [-0.25, -0.2) is 4.98 Å². The third-order valence-corrected chi connectivity index (χ3v) is 4.12. The Hall–Kier alpha value is -0.970. The lowest BCUT2D eigenvalue weighted by molar-refractivity contribution is -0.137. The first-order valence-corrected chi connectivity index (χ1v) is 7.13. The van der Waals surface area contributed by atoms with Gasteiger partial charge in [0, 0.05) is 13.1 Å². The van der Waals surface area contributed by atoms with Crippen molar-refractivity contribution in [2.45, 2.75) is 44.8 Å². The van der Waals surface area contributed by atoms with Crippen molar-refractivity contribution in [2.75, 3.05) is 11.9 Å². The van der Waals surface area contributed by atoms with E-state index in [0.717, 1.165) is 31.4 Å². The molecule has 1 aliphatic carbocycles. The Morgan fingerprint density at radius 2 is 2.00 bits per heavy atom. The van der Waals surface area contributed by atoms with Crippen LogP contribution in [-0.4, -0.2) is 18.1 Å². The number of rotatable bonds is 2. The summed E-state index contributed by atoms with van der Waals surface area (Å²) < 4.78 is 38.4. The van der Waals surface area contributed by atoms with Gasteiger partial charge in [0.25, 0.3) is 0 Å². The van der Waals surface area contributed by atoms with Gasteiger partial charge >= 0.3 is 6.18 Å². The Bertz CT molecular complexity index is 476. The summed E-state index contributed by atoms with van der Waals surface area (Å²) in [7, 11) is 1.79. The number of hydrogen-bond donors (Lipinski definition) is 0. The van der Waals surface area contributed by atoms with Crippen LogP contribution in [-0.2, 0) is 6.18 Å². The minimum absolute atomic E-state index is 0.120. The Kier molecular flexibility index (Phi) is 4.47. The summed E-state index contributed by atoms with van der Waals surface area (Å²) >= 11 is 5.73. The molecule has 112 valence electrons. The van der Waals surface area contributed by atoms with E-state index in [2.05, 4.69) is 11.9 Å². The molecule has 0 aromatic carbocycles. The molecule has 2 nitrogen and oxygen atoms in total. The SMILES string of the molecule is CC1CCCC(N(C)c2cc(C(F)(F)F)cc(Cl)n2)C1. The average Bonchev–Trinajstić information content (AvgIpc) is 2.36. The van der Waals surface area contributed by atoms with Gasteiger partial charge in [-0.05, 0) is 30.9 Å². The topological polar surface area (TPSA) is 16.1 Å². The van der Waals surface area contributed by atoms with Crippen LogP contribution in [0.4, 0.5) is 19.0 Å². The van der Waals surface area contributed by atoms with Gasteiger partial charge in [-0.1, -0.05) is 31.4 Å². The first-order chi connectivity index (χ1) is 9.27. The van der Waals surface area contributed by atoms with Crippen molar-refractivity contribution >= 4 is 17.4 Å². The number of alkyl halides is 3. The van der Waals surface area contributed by atoms with Crippen LogP contribution in [0.2, 0.25) is 5.15 Å². The molecule has 1 fully saturated rings. The smallest absolute Gasteiger partial charge is 0.357 e. The number of hydrogen-bond acceptors (Lipinski definition) is 2. The van der Waals surface area contributed by atoms with E-state index in [1.54, 1.807) is 7.05 Å². The molecule has 0 spiro atoms. The van der Waals surface area contributed by atoms with Gasteiger partial charge in [0.1, 0.15) is 11.0 Å². The van der Waals surface area contributed by atoms with E-state index in [1.165, 1.54) is 6.42 Å². The Morgan fingerprint density at radius 1 is 1.30 bits per heavy atom. The van der Waals surface area contributed by atoms with Crippen LogP contribution in [0.1, 0.15) is 38.2 Å². The molecule has 2 unspecified atom stereocenters. The van der Waals surface area contributed by atoms with Crippen LogP contribution in [0, 0.1) is 5.92 Å². The minimum atomic E-state index is -4.40. The second kappa shape index (κ2) is 5.80. The fourth-order valence-electron chi connectivity index (χ4n) is 2.77. The van der Waals surface area contributed by atoms with Crippen LogP contribution in [0.5, 0.6) is 0 Å². The molecule has 6 heteroatoms. The number of pyridine rings is 1. The van der Waals surface area contributed by atoms with Crippen molar-refractivity contribution in [3.8, 4) is 0 Å². The molecule has 2 rings (SSSR count). The van der Waals surface area contributed by atoms with Crippen molar-refractivity contribution in [1.29, 1.82) is 0 Å². The highest BCUT2D eigenvalue weighted by Gasteiger charge is 2.32. The van der Waals surface area contributed by atoms with Gasteiger partial charge in [0.05, 0.1) is 5.56 Å². The van der Waals surface area contributed by atoms with Crippen LogP contribution in [0.25, 0.3) is 0 Å². The van der Waals surface area contributed by atoms with E-state index < -0.39 is 11.7 Å². The summed E-state index contributed by atoms with van der Waals surface area (Å²) in [5.41, 5.74) is -0.747. The molecule has 0 bridgehead atoms. The van der Waals surface area contributed by atoms with Crippen LogP contribution < -0.4 is 4.90 Å². The van der Waals surface area contributed by atoms with Crippen molar-refractivity contribution in [3.05, 3.63) is 22.8 Å². The summed E-state index contributed by atoms with van der Waals surface area (Å²) in [5, 5.41) is -0.120. The zero-order chi connectivity index (χ0) is 14.9. The molecule has 0 amide bonds. The molecule has 1 heterocycles. The Morgan fingerprint density at radius 3 is 2.60 bits per heavy atom. The first-order valence-electron chi connectivity index (χ1n) is 6.75. The largest absolute Gasteiger partial charge is 0.416 e. The van der Waals surface area contributed by atoms with E-state index in [4.69, 9.17) is 11.6 Å². The molecule has 0 N–H and O–H groups in total. The van der Waals surface area contributed by atoms with E-state index in [0.29, 0.717) is 11.7 Å². The fourth-order valence-corrected chi connectivity index (χ4v) is 2.97. The van der Waals surface area contributed by atoms with Crippen molar-refractivity contribution < 1.29 is 13.2 Å². The molecule has 0 aliphatic heterocycles. The second-order valence-corrected chi connectivity index (χ2v) is 5.96. The first kappa shape index (κ1) is 15.4. The Balaban J connectivity index is 2.25. The maximum Gasteiger partial charge on any atom is 0.416 e. The second-order valence-electron chi connectivity index (χ2n) is 5.57. The molecule has 1 aromatic heterocycles. The van der Waals surface area contributed by atoms with Gasteiger partial charge < -0.3 is 4.90 Å². The van der Waals surface area contributed by atoms with E-state index in [1.807, 2.05) is 4.90 Å². The fraction of sp³-hybridized carbons (Fsp3) is 0.643. The van der Waals surface area contributed by atoms with Crippen molar-refractivity contribution in [1.82, 2.24) is 4.98 Å². The van der Waals surface area contributed by atoms with Crippen LogP contribution >= 0.6 is 11.6 Å². The number of nitrogens with zero attached hydrogens (tertiary/aromatic N) is 2. The molecular formula is C14H18ClF3N2. The highest BCUT2D eigenvalue weighted by molar-refractivity contribution is 6.29. The molecule has 1 saturated carbocycles. The number of anilines is 1. The molecular weight excluding hydrogens is 289 g/mol. The van der Waals surface area contributed by atoms with E-state index >= 15 is 0 Å². The highest BCUT2D eigenvalue weighted by atomic mass is 35.5. The number of aromatic nitrogens is 1. The molecule has 0 saturated heterocycles. The summed E-state index contributed by atoms with van der Waals surface area (Å²) in [6, 6.07) is 2.17. The van der Waals surface area contributed by atoms with Gasteiger partial charge in [0.2, 0.25) is 0 Å². The van der Waals surface area contributed by atoms with E-state index in [-0.39, 0.29) is 11.2 Å². The molecule has 0 radical (unpaired) electrons. The summed E-state index contributed by atoms with van der Waals surface area (Å²) in [5.74, 6) is 0.890. The predicted molar refractivity (Wildman–Crippen MR) is 74.1 cm³/mol. The summed E-state index contributed by atoms with van der Waals surface area (Å²) in [4.78, 5) is 5.87. The molecule has 1 aromatic rings. The van der Waals surface area contributed by atoms with Crippen molar-refractivity contribution in [2.24, 2.45) is 5.92 Å². The third-order valence-electron chi connectivity index (χ3n) is 3.93. The monoisotopic (exact) mass is 306 g/mol. The highest BCUT2D eigenvalue weighted by Crippen LogP contribution is 2.34. The maximum absolute atomic E-state index is 12.8. The van der Waals surface area contributed by atoms with Gasteiger partial charge in [0.15, 0.2) is 0 Å². The van der Waals surface area contributed by atoms with Crippen LogP contribution in [0.3, 0.4) is 0 Å². The number of halogens is 4. The molecule has 20 heavy (non-hydrogen) atoms. The van der Waals surface area contributed by atoms with Gasteiger partial charge in [-0.2, -0.15) is 13.2 Å². The zero-order valence-electron chi connectivity index (χ0n) is 11.5. The molecule has 2 atom stereocenters. The van der Waals surface area contributed by atoms with Crippen molar-refractivity contribution in [3.63, 3.8) is 0 Å². The third kappa shape index (κ3) is 3.57. The van der Waals surface area contributed by atoms with Crippen LogP contribution in [0.15, 0.2) is 12.1 Å². The lowest BCUT2D eigenvalue weighted by Gasteiger charge is -2.35. The Labute approximate surface area is 121 Å². The average molecular weight is 307 g/mol.